The van der Waals surface area contributed by atoms with E-state index < -0.39 is 15.9 Å². The molecule has 0 atom stereocenters. The minimum atomic E-state index is -3.96. The third-order valence-corrected chi connectivity index (χ3v) is 4.64. The molecule has 1 radical (unpaired) electrons. The molecule has 0 spiro atoms. The van der Waals surface area contributed by atoms with Crippen molar-refractivity contribution in [1.29, 1.82) is 0 Å². The van der Waals surface area contributed by atoms with Gasteiger partial charge in [0.15, 0.2) is 0 Å². The molecule has 0 saturated heterocycles. The molecule has 0 unspecified atom stereocenters. The van der Waals surface area contributed by atoms with Crippen LogP contribution in [0.5, 0.6) is 5.75 Å². The van der Waals surface area contributed by atoms with Crippen LogP contribution in [-0.4, -0.2) is 81.3 Å². The van der Waals surface area contributed by atoms with Crippen molar-refractivity contribution in [3.63, 3.8) is 0 Å². The van der Waals surface area contributed by atoms with Gasteiger partial charge in [-0.25, -0.2) is 0 Å². The quantitative estimate of drug-likeness (QED) is 0.314. The smallest absolute Gasteiger partial charge is 0.267 e. The summed E-state index contributed by atoms with van der Waals surface area (Å²) in [5.74, 6) is 0.400. The number of ether oxygens (including phenoxy) is 3. The Bertz CT molecular complexity index is 650. The second kappa shape index (κ2) is 12.5. The van der Waals surface area contributed by atoms with E-state index in [1.54, 1.807) is 0 Å². The monoisotopic (exact) mass is 425 g/mol. The average molecular weight is 426 g/mol. The predicted octanol–water partition coefficient (Wildman–Crippen LogP) is 3.32. The SMILES string of the molecule is CC(C)(C)CC(C)(C)c1ccc(OCCOCCOCCS(=O)(=O)O)cc1.[Na]. The minimum absolute atomic E-state index is 0. The van der Waals surface area contributed by atoms with Crippen LogP contribution in [0.4, 0.5) is 0 Å². The standard InChI is InChI=1S/C20H34O6S.Na/c1-19(2,3)16-20(4,5)17-6-8-18(9-7-17)26-13-12-24-10-11-25-14-15-27(21,22)23;/h6-9H,10-16H2,1-5H3,(H,21,22,23);. The van der Waals surface area contributed by atoms with Crippen LogP contribution in [0.1, 0.15) is 46.6 Å². The van der Waals surface area contributed by atoms with Gasteiger partial charge in [-0.15, -0.1) is 0 Å². The molecule has 28 heavy (non-hydrogen) atoms. The molecule has 0 aromatic heterocycles. The van der Waals surface area contributed by atoms with E-state index in [0.29, 0.717) is 19.8 Å². The fraction of sp³-hybridized carbons (Fsp3) is 0.700. The summed E-state index contributed by atoms with van der Waals surface area (Å²) in [7, 11) is -3.96. The van der Waals surface area contributed by atoms with Crippen LogP contribution in [0.2, 0.25) is 0 Å². The van der Waals surface area contributed by atoms with Crippen LogP contribution in [0.15, 0.2) is 24.3 Å². The molecule has 1 aromatic rings. The van der Waals surface area contributed by atoms with E-state index >= 15 is 0 Å². The molecule has 1 rings (SSSR count). The maximum atomic E-state index is 10.5. The molecule has 157 valence electrons. The Morgan fingerprint density at radius 1 is 0.857 bits per heavy atom. The van der Waals surface area contributed by atoms with Crippen molar-refractivity contribution in [3.05, 3.63) is 29.8 Å². The first-order chi connectivity index (χ1) is 12.4. The predicted molar refractivity (Wildman–Crippen MR) is 113 cm³/mol. The van der Waals surface area contributed by atoms with Crippen molar-refractivity contribution in [1.82, 2.24) is 0 Å². The van der Waals surface area contributed by atoms with E-state index in [4.69, 9.17) is 18.8 Å². The Labute approximate surface area is 192 Å². The molecule has 6 nitrogen and oxygen atoms in total. The molecule has 1 aromatic carbocycles. The second-order valence-corrected chi connectivity index (χ2v) is 10.1. The summed E-state index contributed by atoms with van der Waals surface area (Å²) in [5.41, 5.74) is 1.67. The molecule has 0 amide bonds. The Balaban J connectivity index is 0.00000729. The first-order valence-corrected chi connectivity index (χ1v) is 10.8. The Morgan fingerprint density at radius 3 is 1.86 bits per heavy atom. The fourth-order valence-electron chi connectivity index (χ4n) is 3.13. The maximum absolute atomic E-state index is 10.5. The van der Waals surface area contributed by atoms with E-state index in [0.717, 1.165) is 12.2 Å². The van der Waals surface area contributed by atoms with Crippen LogP contribution < -0.4 is 4.74 Å². The van der Waals surface area contributed by atoms with Gasteiger partial charge in [0.05, 0.1) is 32.2 Å². The van der Waals surface area contributed by atoms with E-state index in [1.165, 1.54) is 5.56 Å². The number of benzene rings is 1. The molecule has 0 bridgehead atoms. The van der Waals surface area contributed by atoms with Crippen molar-refractivity contribution in [2.24, 2.45) is 5.41 Å². The average Bonchev–Trinajstić information content (AvgIpc) is 2.50. The molecule has 1 N–H and O–H groups in total. The van der Waals surface area contributed by atoms with Crippen molar-refractivity contribution >= 4 is 39.7 Å². The summed E-state index contributed by atoms with van der Waals surface area (Å²) in [4.78, 5) is 0. The van der Waals surface area contributed by atoms with Gasteiger partial charge in [-0.2, -0.15) is 8.42 Å². The Hall–Kier alpha value is -0.150. The van der Waals surface area contributed by atoms with Gasteiger partial charge < -0.3 is 14.2 Å². The third-order valence-electron chi connectivity index (χ3n) is 3.96. The molecule has 8 heteroatoms. The van der Waals surface area contributed by atoms with Crippen LogP contribution in [0.3, 0.4) is 0 Å². The first-order valence-electron chi connectivity index (χ1n) is 9.23. The fourth-order valence-corrected chi connectivity index (χ4v) is 3.46. The summed E-state index contributed by atoms with van der Waals surface area (Å²) < 4.78 is 45.6. The minimum Gasteiger partial charge on any atom is -0.491 e. The van der Waals surface area contributed by atoms with E-state index in [9.17, 15) is 8.42 Å². The van der Waals surface area contributed by atoms with Gasteiger partial charge >= 0.3 is 0 Å². The van der Waals surface area contributed by atoms with Crippen molar-refractivity contribution in [2.45, 2.75) is 46.5 Å². The second-order valence-electron chi connectivity index (χ2n) is 8.50. The number of hydrogen-bond acceptors (Lipinski definition) is 5. The van der Waals surface area contributed by atoms with Crippen LogP contribution >= 0.6 is 0 Å². The summed E-state index contributed by atoms with van der Waals surface area (Å²) >= 11 is 0. The zero-order chi connectivity index (χ0) is 20.6. The van der Waals surface area contributed by atoms with Gasteiger partial charge in [0.1, 0.15) is 12.4 Å². The number of hydrogen-bond donors (Lipinski definition) is 1. The zero-order valence-corrected chi connectivity index (χ0v) is 21.0. The van der Waals surface area contributed by atoms with E-state index in [-0.39, 0.29) is 53.6 Å². The van der Waals surface area contributed by atoms with E-state index in [1.807, 2.05) is 12.1 Å². The number of rotatable bonds is 12. The molecule has 0 heterocycles. The molecular formula is C20H34NaO6S. The van der Waals surface area contributed by atoms with Gasteiger partial charge in [-0.1, -0.05) is 46.8 Å². The summed E-state index contributed by atoms with van der Waals surface area (Å²) in [6, 6.07) is 8.20. The van der Waals surface area contributed by atoms with Crippen LogP contribution in [-0.2, 0) is 25.0 Å². The molecule has 0 aliphatic rings. The Morgan fingerprint density at radius 2 is 1.36 bits per heavy atom. The normalized spacial score (nSPS) is 12.5. The van der Waals surface area contributed by atoms with Crippen LogP contribution in [0.25, 0.3) is 0 Å². The van der Waals surface area contributed by atoms with Gasteiger partial charge in [0.2, 0.25) is 0 Å². The summed E-state index contributed by atoms with van der Waals surface area (Å²) in [6.07, 6.45) is 1.10. The Kier molecular flexibility index (Phi) is 12.5. The van der Waals surface area contributed by atoms with Crippen molar-refractivity contribution in [2.75, 3.05) is 38.8 Å². The molecule has 0 fully saturated rings. The van der Waals surface area contributed by atoms with Gasteiger partial charge in [0, 0.05) is 29.6 Å². The first kappa shape index (κ1) is 27.8. The summed E-state index contributed by atoms with van der Waals surface area (Å²) in [5, 5.41) is 0. The van der Waals surface area contributed by atoms with Crippen molar-refractivity contribution < 1.29 is 27.2 Å². The molecular weight excluding hydrogens is 391 g/mol. The maximum Gasteiger partial charge on any atom is 0.267 e. The topological polar surface area (TPSA) is 82.1 Å². The molecule has 0 saturated carbocycles. The van der Waals surface area contributed by atoms with E-state index in [2.05, 4.69) is 46.8 Å². The van der Waals surface area contributed by atoms with Crippen molar-refractivity contribution in [3.8, 4) is 5.75 Å². The van der Waals surface area contributed by atoms with Gasteiger partial charge in [-0.3, -0.25) is 4.55 Å². The largest absolute Gasteiger partial charge is 0.491 e. The van der Waals surface area contributed by atoms with Crippen LogP contribution in [0, 0.1) is 5.41 Å². The molecule has 0 aliphatic heterocycles. The molecule has 0 aliphatic carbocycles. The van der Waals surface area contributed by atoms with Gasteiger partial charge in [-0.05, 0) is 34.9 Å². The third kappa shape index (κ3) is 13.1. The zero-order valence-electron chi connectivity index (χ0n) is 18.2. The van der Waals surface area contributed by atoms with Gasteiger partial charge in [0.25, 0.3) is 10.1 Å². The summed E-state index contributed by atoms with van der Waals surface area (Å²) in [6.45, 7) is 12.7.